The molecule has 0 saturated heterocycles. The van der Waals surface area contributed by atoms with E-state index in [0.717, 1.165) is 0 Å². The number of hydrogen-bond acceptors (Lipinski definition) is 2. The summed E-state index contributed by atoms with van der Waals surface area (Å²) < 4.78 is 13.4. The predicted molar refractivity (Wildman–Crippen MR) is 66.3 cm³/mol. The highest BCUT2D eigenvalue weighted by molar-refractivity contribution is 9.10. The quantitative estimate of drug-likeness (QED) is 0.924. The normalized spacial score (nSPS) is 10.0. The van der Waals surface area contributed by atoms with E-state index in [0.29, 0.717) is 15.7 Å². The van der Waals surface area contributed by atoms with Gasteiger partial charge in [-0.05, 0) is 46.3 Å². The Labute approximate surface area is 106 Å². The molecule has 0 aliphatic carbocycles. The molecule has 0 unspecified atom stereocenters. The van der Waals surface area contributed by atoms with E-state index >= 15 is 0 Å². The highest BCUT2D eigenvalue weighted by Crippen LogP contribution is 2.20. The summed E-state index contributed by atoms with van der Waals surface area (Å²) in [5.74, 6) is -0.663. The Balaban J connectivity index is 2.17. The molecular formula is C12H8BrFN2O. The van der Waals surface area contributed by atoms with E-state index in [4.69, 9.17) is 0 Å². The molecule has 0 aliphatic rings. The molecule has 1 aromatic heterocycles. The van der Waals surface area contributed by atoms with Crippen molar-refractivity contribution >= 4 is 27.5 Å². The van der Waals surface area contributed by atoms with Crippen molar-refractivity contribution < 1.29 is 9.18 Å². The molecule has 0 fully saturated rings. The molecule has 2 rings (SSSR count). The van der Waals surface area contributed by atoms with Crippen LogP contribution in [0.5, 0.6) is 0 Å². The first-order valence-corrected chi connectivity index (χ1v) is 5.62. The molecule has 3 nitrogen and oxygen atoms in total. The summed E-state index contributed by atoms with van der Waals surface area (Å²) >= 11 is 3.27. The number of pyridine rings is 1. The van der Waals surface area contributed by atoms with Gasteiger partial charge in [-0.15, -0.1) is 0 Å². The number of nitrogens with one attached hydrogen (secondary N) is 1. The van der Waals surface area contributed by atoms with Crippen LogP contribution in [0.1, 0.15) is 10.4 Å². The Morgan fingerprint density at radius 1 is 1.24 bits per heavy atom. The molecule has 86 valence electrons. The van der Waals surface area contributed by atoms with Gasteiger partial charge in [0.1, 0.15) is 5.82 Å². The van der Waals surface area contributed by atoms with Crippen LogP contribution in [0, 0.1) is 5.82 Å². The molecule has 0 saturated carbocycles. The molecule has 17 heavy (non-hydrogen) atoms. The first-order chi connectivity index (χ1) is 8.16. The van der Waals surface area contributed by atoms with Crippen LogP contribution < -0.4 is 5.32 Å². The van der Waals surface area contributed by atoms with E-state index in [9.17, 15) is 9.18 Å². The van der Waals surface area contributed by atoms with Crippen molar-refractivity contribution in [3.05, 3.63) is 58.6 Å². The van der Waals surface area contributed by atoms with E-state index in [2.05, 4.69) is 26.2 Å². The zero-order valence-corrected chi connectivity index (χ0v) is 10.2. The van der Waals surface area contributed by atoms with Crippen LogP contribution in [-0.2, 0) is 0 Å². The van der Waals surface area contributed by atoms with Gasteiger partial charge in [0.25, 0.3) is 5.91 Å². The van der Waals surface area contributed by atoms with Crippen LogP contribution in [0.3, 0.4) is 0 Å². The van der Waals surface area contributed by atoms with Gasteiger partial charge < -0.3 is 5.32 Å². The van der Waals surface area contributed by atoms with Gasteiger partial charge >= 0.3 is 0 Å². The monoisotopic (exact) mass is 294 g/mol. The number of halogens is 2. The molecule has 0 bridgehead atoms. The number of rotatable bonds is 2. The Morgan fingerprint density at radius 2 is 1.94 bits per heavy atom. The number of benzene rings is 1. The Bertz CT molecular complexity index is 542. The van der Waals surface area contributed by atoms with Crippen molar-refractivity contribution in [2.75, 3.05) is 5.32 Å². The van der Waals surface area contributed by atoms with Crippen LogP contribution in [0.25, 0.3) is 0 Å². The maximum absolute atomic E-state index is 12.7. The zero-order valence-electron chi connectivity index (χ0n) is 8.65. The van der Waals surface area contributed by atoms with Gasteiger partial charge in [-0.1, -0.05) is 0 Å². The fraction of sp³-hybridized carbons (Fsp3) is 0. The van der Waals surface area contributed by atoms with Crippen molar-refractivity contribution in [1.82, 2.24) is 4.98 Å². The Kier molecular flexibility index (Phi) is 3.49. The summed E-state index contributed by atoms with van der Waals surface area (Å²) in [4.78, 5) is 15.7. The first kappa shape index (κ1) is 11.7. The lowest BCUT2D eigenvalue weighted by molar-refractivity contribution is 0.102. The average Bonchev–Trinajstić information content (AvgIpc) is 2.33. The van der Waals surface area contributed by atoms with E-state index in [1.807, 2.05) is 0 Å². The summed E-state index contributed by atoms with van der Waals surface area (Å²) in [7, 11) is 0. The number of carbonyl (C=O) groups excluding carboxylic acids is 1. The minimum atomic E-state index is -0.369. The highest BCUT2D eigenvalue weighted by atomic mass is 79.9. The number of aromatic nitrogens is 1. The number of amides is 1. The molecule has 1 heterocycles. The van der Waals surface area contributed by atoms with Crippen LogP contribution >= 0.6 is 15.9 Å². The molecule has 0 radical (unpaired) electrons. The Hall–Kier alpha value is -1.75. The number of carbonyl (C=O) groups is 1. The summed E-state index contributed by atoms with van der Waals surface area (Å²) in [6.45, 7) is 0. The second-order valence-electron chi connectivity index (χ2n) is 3.32. The van der Waals surface area contributed by atoms with Crippen molar-refractivity contribution in [2.24, 2.45) is 0 Å². The molecule has 0 aliphatic heterocycles. The zero-order chi connectivity index (χ0) is 12.3. The minimum Gasteiger partial charge on any atom is -0.321 e. The summed E-state index contributed by atoms with van der Waals surface area (Å²) in [6, 6.07) is 7.03. The van der Waals surface area contributed by atoms with E-state index in [1.165, 1.54) is 24.3 Å². The standard InChI is InChI=1S/C12H8BrFN2O/c13-10-7-15-6-5-11(10)16-12(17)8-1-3-9(14)4-2-8/h1-7H,(H,15,16,17). The SMILES string of the molecule is O=C(Nc1ccncc1Br)c1ccc(F)cc1. The smallest absolute Gasteiger partial charge is 0.255 e. The minimum absolute atomic E-state index is 0.295. The molecule has 1 aromatic carbocycles. The maximum atomic E-state index is 12.7. The molecule has 1 N–H and O–H groups in total. The molecule has 0 atom stereocenters. The van der Waals surface area contributed by atoms with Crippen LogP contribution in [0.2, 0.25) is 0 Å². The van der Waals surface area contributed by atoms with Gasteiger partial charge in [-0.25, -0.2) is 4.39 Å². The number of anilines is 1. The van der Waals surface area contributed by atoms with Gasteiger partial charge in [0.05, 0.1) is 10.2 Å². The molecular weight excluding hydrogens is 287 g/mol. The van der Waals surface area contributed by atoms with Gasteiger partial charge in [0.2, 0.25) is 0 Å². The molecule has 5 heteroatoms. The van der Waals surface area contributed by atoms with E-state index in [-0.39, 0.29) is 11.7 Å². The lowest BCUT2D eigenvalue weighted by Crippen LogP contribution is -2.12. The van der Waals surface area contributed by atoms with Gasteiger partial charge in [0, 0.05) is 18.0 Å². The van der Waals surface area contributed by atoms with Crippen LogP contribution in [-0.4, -0.2) is 10.9 Å². The topological polar surface area (TPSA) is 42.0 Å². The lowest BCUT2D eigenvalue weighted by Gasteiger charge is -2.06. The molecule has 0 spiro atoms. The van der Waals surface area contributed by atoms with Crippen LogP contribution in [0.4, 0.5) is 10.1 Å². The predicted octanol–water partition coefficient (Wildman–Crippen LogP) is 3.24. The van der Waals surface area contributed by atoms with E-state index < -0.39 is 0 Å². The number of hydrogen-bond donors (Lipinski definition) is 1. The third-order valence-electron chi connectivity index (χ3n) is 2.13. The van der Waals surface area contributed by atoms with Gasteiger partial charge in [0.15, 0.2) is 0 Å². The fourth-order valence-corrected chi connectivity index (χ4v) is 1.62. The second-order valence-corrected chi connectivity index (χ2v) is 4.17. The highest BCUT2D eigenvalue weighted by Gasteiger charge is 2.07. The fourth-order valence-electron chi connectivity index (χ4n) is 1.27. The third-order valence-corrected chi connectivity index (χ3v) is 2.76. The lowest BCUT2D eigenvalue weighted by atomic mass is 10.2. The average molecular weight is 295 g/mol. The van der Waals surface area contributed by atoms with Crippen LogP contribution in [0.15, 0.2) is 47.2 Å². The van der Waals surface area contributed by atoms with Gasteiger partial charge in [-0.2, -0.15) is 0 Å². The largest absolute Gasteiger partial charge is 0.321 e. The van der Waals surface area contributed by atoms with Gasteiger partial charge in [-0.3, -0.25) is 9.78 Å². The third kappa shape index (κ3) is 2.88. The summed E-state index contributed by atoms with van der Waals surface area (Å²) in [5, 5.41) is 2.70. The second kappa shape index (κ2) is 5.05. The maximum Gasteiger partial charge on any atom is 0.255 e. The van der Waals surface area contributed by atoms with Crippen molar-refractivity contribution in [1.29, 1.82) is 0 Å². The summed E-state index contributed by atoms with van der Waals surface area (Å²) in [6.07, 6.45) is 3.16. The summed E-state index contributed by atoms with van der Waals surface area (Å²) in [5.41, 5.74) is 1.02. The van der Waals surface area contributed by atoms with Crippen molar-refractivity contribution in [3.63, 3.8) is 0 Å². The molecule has 2 aromatic rings. The number of nitrogens with zero attached hydrogens (tertiary/aromatic N) is 1. The van der Waals surface area contributed by atoms with E-state index in [1.54, 1.807) is 18.5 Å². The van der Waals surface area contributed by atoms with Crippen molar-refractivity contribution in [3.8, 4) is 0 Å². The first-order valence-electron chi connectivity index (χ1n) is 4.83. The Morgan fingerprint density at radius 3 is 2.59 bits per heavy atom. The van der Waals surface area contributed by atoms with Crippen molar-refractivity contribution in [2.45, 2.75) is 0 Å². The molecule has 1 amide bonds.